The van der Waals surface area contributed by atoms with Crippen molar-refractivity contribution in [3.05, 3.63) is 64.7 Å². The molecule has 7 heteroatoms. The number of piperidine rings is 1. The number of anilines is 1. The molecule has 0 saturated carbocycles. The number of amides is 2. The molecule has 1 aliphatic heterocycles. The average molecular weight is 381 g/mol. The van der Waals surface area contributed by atoms with Gasteiger partial charge in [-0.15, -0.1) is 0 Å². The molecular formula is C19H19ClF2N2O2. The minimum absolute atomic E-state index is 0.151. The Labute approximate surface area is 155 Å². The Morgan fingerprint density at radius 1 is 1.23 bits per heavy atom. The molecule has 1 heterocycles. The second-order valence-corrected chi connectivity index (χ2v) is 6.65. The van der Waals surface area contributed by atoms with Gasteiger partial charge in [0.1, 0.15) is 0 Å². The summed E-state index contributed by atoms with van der Waals surface area (Å²) in [6.45, 7) is 1.25. The van der Waals surface area contributed by atoms with Gasteiger partial charge in [-0.2, -0.15) is 0 Å². The van der Waals surface area contributed by atoms with Crippen molar-refractivity contribution in [1.29, 1.82) is 0 Å². The molecule has 1 atom stereocenters. The lowest BCUT2D eigenvalue weighted by Gasteiger charge is -2.32. The molecule has 2 aromatic rings. The van der Waals surface area contributed by atoms with Gasteiger partial charge in [-0.25, -0.2) is 13.6 Å². The van der Waals surface area contributed by atoms with Crippen molar-refractivity contribution in [1.82, 2.24) is 4.90 Å². The number of nitrogens with one attached hydrogen (secondary N) is 1. The number of benzene rings is 2. The number of carbonyl (C=O) groups is 1. The van der Waals surface area contributed by atoms with Gasteiger partial charge >= 0.3 is 6.03 Å². The van der Waals surface area contributed by atoms with Gasteiger partial charge < -0.3 is 15.0 Å². The zero-order valence-corrected chi connectivity index (χ0v) is 14.8. The minimum Gasteiger partial charge on any atom is -0.372 e. The van der Waals surface area contributed by atoms with Crippen LogP contribution < -0.4 is 5.32 Å². The van der Waals surface area contributed by atoms with Crippen LogP contribution >= 0.6 is 11.6 Å². The average Bonchev–Trinajstić information content (AvgIpc) is 2.63. The largest absolute Gasteiger partial charge is 0.372 e. The van der Waals surface area contributed by atoms with E-state index < -0.39 is 11.6 Å². The molecule has 0 radical (unpaired) electrons. The van der Waals surface area contributed by atoms with Crippen molar-refractivity contribution in [3.63, 3.8) is 0 Å². The standard InChI is InChI=1S/C19H19ClF2N2O2/c20-14-3-1-4-15(10-14)23-19(25)24-8-2-5-16(11-24)26-12-13-6-7-17(21)18(22)9-13/h1,3-4,6-7,9-10,16H,2,5,8,11-12H2,(H,23,25)/t16-/m0/s1. The lowest BCUT2D eigenvalue weighted by molar-refractivity contribution is 0.000903. The highest BCUT2D eigenvalue weighted by molar-refractivity contribution is 6.30. The molecule has 0 bridgehead atoms. The summed E-state index contributed by atoms with van der Waals surface area (Å²) in [6.07, 6.45) is 1.47. The number of hydrogen-bond acceptors (Lipinski definition) is 2. The zero-order valence-electron chi connectivity index (χ0n) is 14.1. The number of halogens is 3. The third kappa shape index (κ3) is 4.93. The van der Waals surface area contributed by atoms with Gasteiger partial charge in [0.05, 0.1) is 12.7 Å². The number of ether oxygens (including phenoxy) is 1. The summed E-state index contributed by atoms with van der Waals surface area (Å²) in [4.78, 5) is 14.1. The molecule has 138 valence electrons. The van der Waals surface area contributed by atoms with Crippen molar-refractivity contribution in [2.45, 2.75) is 25.6 Å². The Hall–Kier alpha value is -2.18. The quantitative estimate of drug-likeness (QED) is 0.825. The predicted octanol–water partition coefficient (Wildman–Crippen LogP) is 4.83. The van der Waals surface area contributed by atoms with E-state index in [1.54, 1.807) is 29.2 Å². The molecule has 1 N–H and O–H groups in total. The van der Waals surface area contributed by atoms with Crippen LogP contribution in [0.3, 0.4) is 0 Å². The first-order valence-corrected chi connectivity index (χ1v) is 8.76. The summed E-state index contributed by atoms with van der Waals surface area (Å²) < 4.78 is 32.0. The highest BCUT2D eigenvalue weighted by atomic mass is 35.5. The number of urea groups is 1. The first-order valence-electron chi connectivity index (χ1n) is 8.38. The van der Waals surface area contributed by atoms with Gasteiger partial charge in [-0.1, -0.05) is 23.7 Å². The molecule has 1 aliphatic rings. The Kier molecular flexibility index (Phi) is 6.06. The summed E-state index contributed by atoms with van der Waals surface area (Å²) in [6, 6.07) is 10.4. The first-order chi connectivity index (χ1) is 12.5. The Morgan fingerprint density at radius 3 is 2.85 bits per heavy atom. The second kappa shape index (κ2) is 8.47. The second-order valence-electron chi connectivity index (χ2n) is 6.21. The molecule has 1 saturated heterocycles. The molecule has 1 fully saturated rings. The number of hydrogen-bond donors (Lipinski definition) is 1. The Bertz CT molecular complexity index is 788. The van der Waals surface area contributed by atoms with Crippen molar-refractivity contribution in [2.75, 3.05) is 18.4 Å². The summed E-state index contributed by atoms with van der Waals surface area (Å²) in [5, 5.41) is 3.37. The molecule has 26 heavy (non-hydrogen) atoms. The Morgan fingerprint density at radius 2 is 2.08 bits per heavy atom. The van der Waals surface area contributed by atoms with Gasteiger partial charge in [0.25, 0.3) is 0 Å². The highest BCUT2D eigenvalue weighted by Gasteiger charge is 2.24. The van der Waals surface area contributed by atoms with E-state index in [0.29, 0.717) is 29.4 Å². The Balaban J connectivity index is 1.53. The van der Waals surface area contributed by atoms with Crippen molar-refractivity contribution in [2.24, 2.45) is 0 Å². The van der Waals surface area contributed by atoms with Crippen molar-refractivity contribution < 1.29 is 18.3 Å². The smallest absolute Gasteiger partial charge is 0.321 e. The fraction of sp³-hybridized carbons (Fsp3) is 0.316. The van der Waals surface area contributed by atoms with Gasteiger partial charge in [-0.05, 0) is 48.7 Å². The van der Waals surface area contributed by atoms with E-state index in [-0.39, 0.29) is 18.7 Å². The van der Waals surface area contributed by atoms with E-state index in [1.165, 1.54) is 6.07 Å². The number of carbonyl (C=O) groups excluding carboxylic acids is 1. The molecule has 4 nitrogen and oxygen atoms in total. The fourth-order valence-electron chi connectivity index (χ4n) is 2.87. The zero-order chi connectivity index (χ0) is 18.5. The van der Waals surface area contributed by atoms with E-state index in [2.05, 4.69) is 5.32 Å². The van der Waals surface area contributed by atoms with Gasteiger partial charge in [0.15, 0.2) is 11.6 Å². The summed E-state index contributed by atoms with van der Waals surface area (Å²) in [5.74, 6) is -1.77. The van der Waals surface area contributed by atoms with Crippen LogP contribution in [0.2, 0.25) is 5.02 Å². The van der Waals surface area contributed by atoms with Crippen LogP contribution in [0.25, 0.3) is 0 Å². The lowest BCUT2D eigenvalue weighted by Crippen LogP contribution is -2.45. The SMILES string of the molecule is O=C(Nc1cccc(Cl)c1)N1CCC[C@H](OCc2ccc(F)c(F)c2)C1. The van der Waals surface area contributed by atoms with E-state index >= 15 is 0 Å². The molecule has 2 aromatic carbocycles. The molecular weight excluding hydrogens is 362 g/mol. The van der Waals surface area contributed by atoms with Crippen LogP contribution in [-0.4, -0.2) is 30.1 Å². The monoisotopic (exact) mass is 380 g/mol. The van der Waals surface area contributed by atoms with E-state index in [0.717, 1.165) is 25.0 Å². The van der Waals surface area contributed by atoms with Crippen LogP contribution in [0.1, 0.15) is 18.4 Å². The van der Waals surface area contributed by atoms with Crippen LogP contribution in [0.15, 0.2) is 42.5 Å². The fourth-order valence-corrected chi connectivity index (χ4v) is 3.06. The van der Waals surface area contributed by atoms with Crippen LogP contribution in [0.5, 0.6) is 0 Å². The maximum Gasteiger partial charge on any atom is 0.321 e. The van der Waals surface area contributed by atoms with Gasteiger partial charge in [-0.3, -0.25) is 0 Å². The molecule has 0 aromatic heterocycles. The minimum atomic E-state index is -0.891. The maximum absolute atomic E-state index is 13.2. The van der Waals surface area contributed by atoms with E-state index in [1.807, 2.05) is 0 Å². The summed E-state index contributed by atoms with van der Waals surface area (Å²) >= 11 is 5.92. The molecule has 0 aliphatic carbocycles. The van der Waals surface area contributed by atoms with Gasteiger partial charge in [0.2, 0.25) is 0 Å². The van der Waals surface area contributed by atoms with Gasteiger partial charge in [0, 0.05) is 23.8 Å². The van der Waals surface area contributed by atoms with Crippen molar-refractivity contribution in [3.8, 4) is 0 Å². The topological polar surface area (TPSA) is 41.6 Å². The number of rotatable bonds is 4. The van der Waals surface area contributed by atoms with E-state index in [4.69, 9.17) is 16.3 Å². The van der Waals surface area contributed by atoms with Crippen LogP contribution in [0, 0.1) is 11.6 Å². The normalized spacial score (nSPS) is 17.2. The highest BCUT2D eigenvalue weighted by Crippen LogP contribution is 2.19. The third-order valence-electron chi connectivity index (χ3n) is 4.21. The van der Waals surface area contributed by atoms with Crippen LogP contribution in [-0.2, 0) is 11.3 Å². The predicted molar refractivity (Wildman–Crippen MR) is 96.2 cm³/mol. The van der Waals surface area contributed by atoms with Crippen LogP contribution in [0.4, 0.5) is 19.3 Å². The number of likely N-dealkylation sites (tertiary alicyclic amines) is 1. The summed E-state index contributed by atoms with van der Waals surface area (Å²) in [7, 11) is 0. The molecule has 2 amide bonds. The number of nitrogens with zero attached hydrogens (tertiary/aromatic N) is 1. The molecule has 0 spiro atoms. The maximum atomic E-state index is 13.2. The van der Waals surface area contributed by atoms with Crippen molar-refractivity contribution >= 4 is 23.3 Å². The first kappa shape index (κ1) is 18.6. The summed E-state index contributed by atoms with van der Waals surface area (Å²) in [5.41, 5.74) is 1.19. The van der Waals surface area contributed by atoms with E-state index in [9.17, 15) is 13.6 Å². The molecule has 0 unspecified atom stereocenters. The molecule has 3 rings (SSSR count). The third-order valence-corrected chi connectivity index (χ3v) is 4.45. The lowest BCUT2D eigenvalue weighted by atomic mass is 10.1.